The summed E-state index contributed by atoms with van der Waals surface area (Å²) in [5, 5.41) is 2.63. The number of rotatable bonds is 2. The maximum Gasteiger partial charge on any atom is 0.245 e. The lowest BCUT2D eigenvalue weighted by Gasteiger charge is -2.45. The van der Waals surface area contributed by atoms with Gasteiger partial charge < -0.3 is 15.1 Å². The number of carbonyl (C=O) groups is 3. The minimum Gasteiger partial charge on any atom is -0.345 e. The molecular weight excluding hydrogens is 318 g/mol. The number of hydrogen-bond acceptors (Lipinski definition) is 3. The highest BCUT2D eigenvalue weighted by atomic mass is 16.2. The summed E-state index contributed by atoms with van der Waals surface area (Å²) >= 11 is 0. The first kappa shape index (κ1) is 16.1. The summed E-state index contributed by atoms with van der Waals surface area (Å²) < 4.78 is 0. The molecule has 6 nitrogen and oxygen atoms in total. The predicted octanol–water partition coefficient (Wildman–Crippen LogP) is 0.668. The van der Waals surface area contributed by atoms with E-state index in [4.69, 9.17) is 0 Å². The number of carbonyl (C=O) groups excluding carboxylic acids is 3. The van der Waals surface area contributed by atoms with Crippen molar-refractivity contribution in [1.29, 1.82) is 0 Å². The molecule has 1 N–H and O–H groups in total. The van der Waals surface area contributed by atoms with E-state index >= 15 is 0 Å². The van der Waals surface area contributed by atoms with Crippen LogP contribution in [-0.2, 0) is 19.8 Å². The van der Waals surface area contributed by atoms with Crippen LogP contribution in [0.2, 0.25) is 0 Å². The summed E-state index contributed by atoms with van der Waals surface area (Å²) in [6.07, 6.45) is 3.80. The van der Waals surface area contributed by atoms with Gasteiger partial charge in [0.05, 0.1) is 18.5 Å². The van der Waals surface area contributed by atoms with Crippen LogP contribution < -0.4 is 5.32 Å². The lowest BCUT2D eigenvalue weighted by atomic mass is 9.77. The summed E-state index contributed by atoms with van der Waals surface area (Å²) in [4.78, 5) is 41.1. The highest BCUT2D eigenvalue weighted by molar-refractivity contribution is 5.96. The molecule has 1 atom stereocenters. The topological polar surface area (TPSA) is 69.7 Å². The van der Waals surface area contributed by atoms with E-state index in [9.17, 15) is 14.4 Å². The summed E-state index contributed by atoms with van der Waals surface area (Å²) in [5.74, 6) is -0.103. The molecule has 1 aromatic carbocycles. The largest absolute Gasteiger partial charge is 0.345 e. The minimum atomic E-state index is -0.548. The maximum atomic E-state index is 13.5. The van der Waals surface area contributed by atoms with E-state index in [-0.39, 0.29) is 24.3 Å². The highest BCUT2D eigenvalue weighted by Crippen LogP contribution is 2.43. The molecule has 25 heavy (non-hydrogen) atoms. The molecule has 3 fully saturated rings. The number of amides is 3. The lowest BCUT2D eigenvalue weighted by Crippen LogP contribution is -2.67. The lowest BCUT2D eigenvalue weighted by molar-refractivity contribution is -0.154. The van der Waals surface area contributed by atoms with Crippen molar-refractivity contribution in [1.82, 2.24) is 15.1 Å². The Bertz CT molecular complexity index is 697. The number of fused-ring (bicyclic) bond motifs is 1. The van der Waals surface area contributed by atoms with Gasteiger partial charge >= 0.3 is 0 Å². The second kappa shape index (κ2) is 6.17. The molecule has 0 spiro atoms. The molecule has 4 rings (SSSR count). The van der Waals surface area contributed by atoms with Crippen molar-refractivity contribution in [2.45, 2.75) is 37.1 Å². The fraction of sp³-hybridized carbons (Fsp3) is 0.526. The summed E-state index contributed by atoms with van der Waals surface area (Å²) in [6, 6.07) is 9.45. The van der Waals surface area contributed by atoms with Crippen LogP contribution in [0, 0.1) is 0 Å². The minimum absolute atomic E-state index is 0.0599. The van der Waals surface area contributed by atoms with Gasteiger partial charge in [-0.3, -0.25) is 14.4 Å². The Morgan fingerprint density at radius 3 is 2.52 bits per heavy atom. The van der Waals surface area contributed by atoms with Crippen LogP contribution in [0.4, 0.5) is 0 Å². The first-order valence-corrected chi connectivity index (χ1v) is 9.04. The van der Waals surface area contributed by atoms with Crippen molar-refractivity contribution >= 4 is 17.7 Å². The zero-order valence-corrected chi connectivity index (χ0v) is 14.2. The van der Waals surface area contributed by atoms with E-state index in [1.807, 2.05) is 30.3 Å². The van der Waals surface area contributed by atoms with Crippen LogP contribution >= 0.6 is 0 Å². The van der Waals surface area contributed by atoms with Gasteiger partial charge in [0.25, 0.3) is 0 Å². The molecule has 0 aromatic heterocycles. The van der Waals surface area contributed by atoms with Crippen molar-refractivity contribution in [2.75, 3.05) is 26.2 Å². The smallest absolute Gasteiger partial charge is 0.245 e. The standard InChI is InChI=1S/C19H23N3O3/c23-16-12-20-17(24)15-13-21(10-11-22(15)16)18(25)19(8-4-5-9-19)14-6-2-1-3-7-14/h1-3,6-7,15H,4-5,8-13H2,(H,20,24)/t15-/m1/s1. The van der Waals surface area contributed by atoms with Gasteiger partial charge in [0.1, 0.15) is 6.04 Å². The fourth-order valence-electron chi connectivity index (χ4n) is 4.54. The number of nitrogens with one attached hydrogen (secondary N) is 1. The molecule has 0 bridgehead atoms. The Hall–Kier alpha value is -2.37. The van der Waals surface area contributed by atoms with Crippen molar-refractivity contribution in [3.63, 3.8) is 0 Å². The van der Waals surface area contributed by atoms with E-state index in [1.54, 1.807) is 9.80 Å². The summed E-state index contributed by atoms with van der Waals surface area (Å²) in [6.45, 7) is 1.30. The van der Waals surface area contributed by atoms with Gasteiger partial charge in [-0.05, 0) is 18.4 Å². The molecule has 2 heterocycles. The molecule has 1 saturated carbocycles. The zero-order valence-electron chi connectivity index (χ0n) is 14.2. The summed E-state index contributed by atoms with van der Waals surface area (Å²) in [7, 11) is 0. The Kier molecular flexibility index (Phi) is 3.98. The Morgan fingerprint density at radius 1 is 1.08 bits per heavy atom. The van der Waals surface area contributed by atoms with Gasteiger partial charge in [-0.15, -0.1) is 0 Å². The van der Waals surface area contributed by atoms with Gasteiger partial charge in [0.15, 0.2) is 0 Å². The first-order valence-electron chi connectivity index (χ1n) is 9.04. The second-order valence-electron chi connectivity index (χ2n) is 7.23. The summed E-state index contributed by atoms with van der Waals surface area (Å²) in [5.41, 5.74) is 0.600. The zero-order chi connectivity index (χ0) is 17.4. The van der Waals surface area contributed by atoms with Gasteiger partial charge in [0.2, 0.25) is 17.7 Å². The molecule has 6 heteroatoms. The molecule has 0 unspecified atom stereocenters. The van der Waals surface area contributed by atoms with Crippen molar-refractivity contribution in [3.8, 4) is 0 Å². The van der Waals surface area contributed by atoms with E-state index in [1.165, 1.54) is 0 Å². The number of nitrogens with zero attached hydrogens (tertiary/aromatic N) is 2. The van der Waals surface area contributed by atoms with E-state index in [2.05, 4.69) is 5.32 Å². The average Bonchev–Trinajstić information content (AvgIpc) is 3.16. The van der Waals surface area contributed by atoms with E-state index in [0.717, 1.165) is 31.2 Å². The normalized spacial score (nSPS) is 25.5. The van der Waals surface area contributed by atoms with Crippen LogP contribution in [0.25, 0.3) is 0 Å². The Labute approximate surface area is 147 Å². The predicted molar refractivity (Wildman–Crippen MR) is 91.7 cm³/mol. The SMILES string of the molecule is O=C1NCC(=O)N2CCN(C(=O)C3(c4ccccc4)CCCC3)C[C@H]12. The number of piperazine rings is 2. The Morgan fingerprint density at radius 2 is 1.80 bits per heavy atom. The quantitative estimate of drug-likeness (QED) is 0.859. The number of benzene rings is 1. The van der Waals surface area contributed by atoms with Gasteiger partial charge in [-0.25, -0.2) is 0 Å². The molecule has 3 aliphatic rings. The Balaban J connectivity index is 1.60. The van der Waals surface area contributed by atoms with E-state index in [0.29, 0.717) is 19.6 Å². The molecule has 3 amide bonds. The van der Waals surface area contributed by atoms with Crippen LogP contribution in [-0.4, -0.2) is 59.7 Å². The molecule has 1 aromatic rings. The van der Waals surface area contributed by atoms with Crippen LogP contribution in [0.15, 0.2) is 30.3 Å². The third-order valence-electron chi connectivity index (χ3n) is 5.90. The van der Waals surface area contributed by atoms with Crippen molar-refractivity contribution in [2.24, 2.45) is 0 Å². The average molecular weight is 341 g/mol. The van der Waals surface area contributed by atoms with Crippen molar-refractivity contribution in [3.05, 3.63) is 35.9 Å². The monoisotopic (exact) mass is 341 g/mol. The molecule has 2 saturated heterocycles. The van der Waals surface area contributed by atoms with Gasteiger partial charge in [-0.1, -0.05) is 43.2 Å². The first-order chi connectivity index (χ1) is 12.1. The molecule has 132 valence electrons. The highest BCUT2D eigenvalue weighted by Gasteiger charge is 2.48. The van der Waals surface area contributed by atoms with Crippen LogP contribution in [0.3, 0.4) is 0 Å². The fourth-order valence-corrected chi connectivity index (χ4v) is 4.54. The van der Waals surface area contributed by atoms with Gasteiger partial charge in [-0.2, -0.15) is 0 Å². The molecular formula is C19H23N3O3. The third kappa shape index (κ3) is 2.60. The third-order valence-corrected chi connectivity index (χ3v) is 5.90. The van der Waals surface area contributed by atoms with E-state index < -0.39 is 11.5 Å². The second-order valence-corrected chi connectivity index (χ2v) is 7.23. The van der Waals surface area contributed by atoms with Crippen molar-refractivity contribution < 1.29 is 14.4 Å². The van der Waals surface area contributed by atoms with Gasteiger partial charge in [0, 0.05) is 13.1 Å². The number of hydrogen-bond donors (Lipinski definition) is 1. The maximum absolute atomic E-state index is 13.5. The molecule has 1 aliphatic carbocycles. The van der Waals surface area contributed by atoms with Crippen LogP contribution in [0.1, 0.15) is 31.2 Å². The van der Waals surface area contributed by atoms with Crippen LogP contribution in [0.5, 0.6) is 0 Å². The molecule has 0 radical (unpaired) electrons. The molecule has 2 aliphatic heterocycles.